The number of aromatic nitrogens is 2. The number of likely N-dealkylation sites (tertiary alicyclic amines) is 1. The summed E-state index contributed by atoms with van der Waals surface area (Å²) in [4.78, 5) is 18.4. The lowest BCUT2D eigenvalue weighted by atomic mass is 10.2. The van der Waals surface area contributed by atoms with E-state index in [9.17, 15) is 4.79 Å². The Balaban J connectivity index is 0.00000200. The van der Waals surface area contributed by atoms with Crippen molar-refractivity contribution in [3.8, 4) is 0 Å². The minimum absolute atomic E-state index is 0. The number of halogens is 1. The molecule has 7 heteroatoms. The van der Waals surface area contributed by atoms with Crippen LogP contribution in [0.15, 0.2) is 4.52 Å². The van der Waals surface area contributed by atoms with Gasteiger partial charge >= 0.3 is 0 Å². The molecule has 0 saturated carbocycles. The highest BCUT2D eigenvalue weighted by atomic mass is 35.5. The standard InChI is InChI=1S/C13H22N4O2.ClH/c1-9(2)13-15-12(16-19-13)10-5-4-8-17(10)11(18)6-7-14-3;/h9-10,14H,4-8H2,1-3H3;1H. The number of hydrogen-bond acceptors (Lipinski definition) is 5. The monoisotopic (exact) mass is 302 g/mol. The minimum atomic E-state index is -0.0133. The molecule has 0 aromatic carbocycles. The second kappa shape index (κ2) is 7.59. The number of hydrogen-bond donors (Lipinski definition) is 1. The summed E-state index contributed by atoms with van der Waals surface area (Å²) in [7, 11) is 1.85. The van der Waals surface area contributed by atoms with Gasteiger partial charge in [0.1, 0.15) is 0 Å². The Hall–Kier alpha value is -1.14. The van der Waals surface area contributed by atoms with Gasteiger partial charge in [0.15, 0.2) is 5.82 Å². The van der Waals surface area contributed by atoms with Gasteiger partial charge in [-0.05, 0) is 19.9 Å². The van der Waals surface area contributed by atoms with Crippen molar-refractivity contribution < 1.29 is 9.32 Å². The first-order valence-electron chi connectivity index (χ1n) is 6.91. The van der Waals surface area contributed by atoms with Gasteiger partial charge < -0.3 is 14.7 Å². The Labute approximate surface area is 125 Å². The van der Waals surface area contributed by atoms with Crippen molar-refractivity contribution in [1.29, 1.82) is 0 Å². The van der Waals surface area contributed by atoms with Crippen molar-refractivity contribution in [3.63, 3.8) is 0 Å². The third kappa shape index (κ3) is 3.70. The molecule has 1 aromatic heterocycles. The lowest BCUT2D eigenvalue weighted by Gasteiger charge is -2.22. The van der Waals surface area contributed by atoms with E-state index in [1.807, 2.05) is 25.8 Å². The van der Waals surface area contributed by atoms with E-state index in [-0.39, 0.29) is 30.3 Å². The molecule has 2 heterocycles. The molecule has 1 aromatic rings. The van der Waals surface area contributed by atoms with Gasteiger partial charge in [0.2, 0.25) is 11.8 Å². The summed E-state index contributed by atoms with van der Waals surface area (Å²) in [6, 6.07) is -0.0133. The summed E-state index contributed by atoms with van der Waals surface area (Å²) in [6.45, 7) is 5.52. The predicted molar refractivity (Wildman–Crippen MR) is 77.9 cm³/mol. The first-order chi connectivity index (χ1) is 9.13. The molecular formula is C13H23ClN4O2. The van der Waals surface area contributed by atoms with Crippen LogP contribution in [0.3, 0.4) is 0 Å². The lowest BCUT2D eigenvalue weighted by molar-refractivity contribution is -0.132. The van der Waals surface area contributed by atoms with Crippen molar-refractivity contribution in [3.05, 3.63) is 11.7 Å². The smallest absolute Gasteiger partial charge is 0.229 e. The zero-order valence-corrected chi connectivity index (χ0v) is 13.1. The molecule has 0 radical (unpaired) electrons. The van der Waals surface area contributed by atoms with E-state index in [0.29, 0.717) is 24.7 Å². The fraction of sp³-hybridized carbons (Fsp3) is 0.769. The number of nitrogens with zero attached hydrogens (tertiary/aromatic N) is 3. The highest BCUT2D eigenvalue weighted by Crippen LogP contribution is 2.31. The minimum Gasteiger partial charge on any atom is -0.339 e. The lowest BCUT2D eigenvalue weighted by Crippen LogP contribution is -2.32. The maximum absolute atomic E-state index is 12.1. The number of carbonyl (C=O) groups excluding carboxylic acids is 1. The van der Waals surface area contributed by atoms with E-state index >= 15 is 0 Å². The summed E-state index contributed by atoms with van der Waals surface area (Å²) in [5.41, 5.74) is 0. The van der Waals surface area contributed by atoms with Crippen LogP contribution < -0.4 is 5.32 Å². The Morgan fingerprint density at radius 1 is 1.55 bits per heavy atom. The van der Waals surface area contributed by atoms with Crippen LogP contribution in [0.1, 0.15) is 56.8 Å². The van der Waals surface area contributed by atoms with E-state index in [0.717, 1.165) is 19.4 Å². The largest absolute Gasteiger partial charge is 0.339 e. The Morgan fingerprint density at radius 2 is 2.30 bits per heavy atom. The van der Waals surface area contributed by atoms with Crippen molar-refractivity contribution in [2.24, 2.45) is 0 Å². The summed E-state index contributed by atoms with van der Waals surface area (Å²) in [6.07, 6.45) is 2.44. The molecule has 114 valence electrons. The van der Waals surface area contributed by atoms with E-state index in [2.05, 4.69) is 15.5 Å². The molecule has 0 bridgehead atoms. The summed E-state index contributed by atoms with van der Waals surface area (Å²) < 4.78 is 5.24. The van der Waals surface area contributed by atoms with Gasteiger partial charge in [-0.25, -0.2) is 0 Å². The summed E-state index contributed by atoms with van der Waals surface area (Å²) >= 11 is 0. The normalized spacial score (nSPS) is 18.4. The van der Waals surface area contributed by atoms with Crippen molar-refractivity contribution in [1.82, 2.24) is 20.4 Å². The third-order valence-electron chi connectivity index (χ3n) is 3.41. The Morgan fingerprint density at radius 3 is 2.90 bits per heavy atom. The molecule has 1 aliphatic rings. The SMILES string of the molecule is CNCCC(=O)N1CCCC1c1noc(C(C)C)n1.Cl. The zero-order chi connectivity index (χ0) is 13.8. The molecule has 1 amide bonds. The van der Waals surface area contributed by atoms with Gasteiger partial charge in [0.05, 0.1) is 6.04 Å². The number of rotatable bonds is 5. The average molecular weight is 303 g/mol. The van der Waals surface area contributed by atoms with Crippen molar-refractivity contribution >= 4 is 18.3 Å². The van der Waals surface area contributed by atoms with Crippen LogP contribution in [0.25, 0.3) is 0 Å². The molecule has 0 aliphatic carbocycles. The Bertz CT molecular complexity index is 436. The molecule has 1 aliphatic heterocycles. The second-order valence-electron chi connectivity index (χ2n) is 5.24. The Kier molecular flexibility index (Phi) is 6.42. The van der Waals surface area contributed by atoms with Crippen molar-refractivity contribution in [2.75, 3.05) is 20.1 Å². The molecule has 1 fully saturated rings. The second-order valence-corrected chi connectivity index (χ2v) is 5.24. The maximum atomic E-state index is 12.1. The molecule has 6 nitrogen and oxygen atoms in total. The first kappa shape index (κ1) is 16.9. The maximum Gasteiger partial charge on any atom is 0.229 e. The third-order valence-corrected chi connectivity index (χ3v) is 3.41. The van der Waals surface area contributed by atoms with E-state index in [1.54, 1.807) is 0 Å². The van der Waals surface area contributed by atoms with Crippen LogP contribution in [-0.2, 0) is 4.79 Å². The van der Waals surface area contributed by atoms with E-state index < -0.39 is 0 Å². The van der Waals surface area contributed by atoms with Crippen LogP contribution >= 0.6 is 12.4 Å². The van der Waals surface area contributed by atoms with Gasteiger partial charge in [0, 0.05) is 25.4 Å². The van der Waals surface area contributed by atoms with E-state index in [4.69, 9.17) is 4.52 Å². The number of amides is 1. The molecule has 1 atom stereocenters. The van der Waals surface area contributed by atoms with Crippen LogP contribution in [0, 0.1) is 0 Å². The van der Waals surface area contributed by atoms with E-state index in [1.165, 1.54) is 0 Å². The van der Waals surface area contributed by atoms with Gasteiger partial charge in [-0.15, -0.1) is 12.4 Å². The van der Waals surface area contributed by atoms with Crippen LogP contribution in [0.2, 0.25) is 0 Å². The molecule has 1 unspecified atom stereocenters. The molecule has 2 rings (SSSR count). The molecule has 20 heavy (non-hydrogen) atoms. The van der Waals surface area contributed by atoms with Crippen molar-refractivity contribution in [2.45, 2.75) is 45.1 Å². The predicted octanol–water partition coefficient (Wildman–Crippen LogP) is 1.89. The molecular weight excluding hydrogens is 280 g/mol. The van der Waals surface area contributed by atoms with Crippen LogP contribution in [0.5, 0.6) is 0 Å². The van der Waals surface area contributed by atoms with Gasteiger partial charge in [0.25, 0.3) is 0 Å². The average Bonchev–Trinajstić information content (AvgIpc) is 3.02. The highest BCUT2D eigenvalue weighted by Gasteiger charge is 2.33. The van der Waals surface area contributed by atoms with Gasteiger partial charge in [-0.3, -0.25) is 4.79 Å². The first-order valence-corrected chi connectivity index (χ1v) is 6.91. The van der Waals surface area contributed by atoms with Crippen LogP contribution in [0.4, 0.5) is 0 Å². The van der Waals surface area contributed by atoms with Crippen LogP contribution in [-0.4, -0.2) is 41.1 Å². The molecule has 1 N–H and O–H groups in total. The summed E-state index contributed by atoms with van der Waals surface area (Å²) in [5, 5.41) is 7.04. The summed E-state index contributed by atoms with van der Waals surface area (Å²) in [5.74, 6) is 1.67. The molecule has 1 saturated heterocycles. The number of carbonyl (C=O) groups is 1. The highest BCUT2D eigenvalue weighted by molar-refractivity contribution is 5.85. The topological polar surface area (TPSA) is 71.3 Å². The quantitative estimate of drug-likeness (QED) is 0.899. The van der Waals surface area contributed by atoms with Gasteiger partial charge in [-0.1, -0.05) is 19.0 Å². The fourth-order valence-corrected chi connectivity index (χ4v) is 2.33. The zero-order valence-electron chi connectivity index (χ0n) is 12.3. The van der Waals surface area contributed by atoms with Gasteiger partial charge in [-0.2, -0.15) is 4.98 Å². The fourth-order valence-electron chi connectivity index (χ4n) is 2.33. The number of nitrogens with one attached hydrogen (secondary N) is 1. The molecule has 0 spiro atoms.